The van der Waals surface area contributed by atoms with E-state index in [1.54, 1.807) is 0 Å². The van der Waals surface area contributed by atoms with Gasteiger partial charge in [-0.3, -0.25) is 57.5 Å². The fourth-order valence-corrected chi connectivity index (χ4v) is 17.1. The van der Waals surface area contributed by atoms with E-state index in [-0.39, 0.29) is 145 Å². The lowest BCUT2D eigenvalue weighted by Gasteiger charge is -2.44. The number of ether oxygens (including phenoxy) is 19. The lowest BCUT2D eigenvalue weighted by Crippen LogP contribution is -2.66. The van der Waals surface area contributed by atoms with Crippen LogP contribution < -0.4 is 16.0 Å². The Labute approximate surface area is 800 Å². The lowest BCUT2D eigenvalue weighted by molar-refractivity contribution is -0.277. The Kier molecular flexibility index (Phi) is 67.4. The van der Waals surface area contributed by atoms with Crippen molar-refractivity contribution in [1.82, 2.24) is 16.0 Å². The molecule has 0 radical (unpaired) electrons. The fraction of sp³-hybridized carbons (Fsp3) is 0.830. The van der Waals surface area contributed by atoms with Crippen molar-refractivity contribution in [2.45, 2.75) is 317 Å². The zero-order chi connectivity index (χ0) is 100. The van der Waals surface area contributed by atoms with Crippen molar-refractivity contribution in [3.63, 3.8) is 0 Å². The van der Waals surface area contributed by atoms with Crippen LogP contribution in [0.25, 0.3) is 0 Å². The molecule has 0 aromatic rings. The summed E-state index contributed by atoms with van der Waals surface area (Å²) in [5.74, 6) is -7.81. The van der Waals surface area contributed by atoms with Crippen LogP contribution >= 0.6 is 25.6 Å². The minimum atomic E-state index is -1.89. The number of unbranched alkanes of at least 4 members (excludes halogenated alkanes) is 11. The van der Waals surface area contributed by atoms with Crippen LogP contribution in [-0.2, 0) is 184 Å². The highest BCUT2D eigenvalue weighted by Gasteiger charge is 2.55. The standard InChI is InChI=1S/C88H145N6O39P3/c1-14-15-38-107-57-88(58-108-39-32-50-118-134(53-29-22-35-89)117-45-26-19-16-23-42-111-85-76(92-61(2)95)82(128-70(11)104)79(125-67(8)101)73(131-85)54-114-64(5)98,59-109-40-33-51-123-135(121-48-30-36-90)119-46-27-20-17-24-43-112-86-77(93-62(3)96)83(129-71(12)105)80(126-68(9)102)74(132-86)55-115-65(6)99)60-110-41-34-52-124-136(122-49-31-37-91)120-47-28-21-18-25-44-113-87-78(94-63(4)97)84(130-72(13)106)81(127-69(10)103)75(133-87)56-116-66(7)100/h73-87H,14-34,38-60H2,1-13H3,(H,92,95)(H,93,96)(H,94,97)/t73?,74?,75?,76-,77-,78-,79-,80-,81-,82?,83?,84?,85+,86+,87+,88?,134?,135?,136?/m0/s1. The van der Waals surface area contributed by atoms with E-state index in [1.165, 1.54) is 41.5 Å². The van der Waals surface area contributed by atoms with Gasteiger partial charge in [0.15, 0.2) is 63.9 Å². The fourth-order valence-electron chi connectivity index (χ4n) is 13.6. The molecule has 45 nitrogen and oxygen atoms in total. The first-order valence-electron chi connectivity index (χ1n) is 46.1. The van der Waals surface area contributed by atoms with Crippen LogP contribution in [0.15, 0.2) is 0 Å². The summed E-state index contributed by atoms with van der Waals surface area (Å²) < 4.78 is 160. The molecule has 3 heterocycles. The Morgan fingerprint density at radius 2 is 0.551 bits per heavy atom. The number of amides is 3. The summed E-state index contributed by atoms with van der Waals surface area (Å²) in [4.78, 5) is 146. The van der Waals surface area contributed by atoms with Crippen LogP contribution in [0.5, 0.6) is 0 Å². The minimum Gasteiger partial charge on any atom is -0.463 e. The van der Waals surface area contributed by atoms with E-state index < -0.39 is 194 Å². The van der Waals surface area contributed by atoms with Gasteiger partial charge in [0.25, 0.3) is 0 Å². The summed E-state index contributed by atoms with van der Waals surface area (Å²) in [6.45, 7) is 19.0. The van der Waals surface area contributed by atoms with Crippen LogP contribution in [0.4, 0.5) is 0 Å². The number of nitrogens with zero attached hydrogens (tertiary/aromatic N) is 3. The molecule has 0 bridgehead atoms. The molecule has 776 valence electrons. The van der Waals surface area contributed by atoms with Crippen molar-refractivity contribution in [3.8, 4) is 18.2 Å². The zero-order valence-electron chi connectivity index (χ0n) is 80.9. The minimum absolute atomic E-state index is 0.0645. The Morgan fingerprint density at radius 3 is 0.824 bits per heavy atom. The molecule has 0 spiro atoms. The highest BCUT2D eigenvalue weighted by atomic mass is 31.2. The Balaban J connectivity index is 1.71. The van der Waals surface area contributed by atoms with Crippen molar-refractivity contribution in [3.05, 3.63) is 0 Å². The summed E-state index contributed by atoms with van der Waals surface area (Å²) in [6, 6.07) is 3.00. The molecule has 3 rings (SSSR count). The molecule has 3 saturated heterocycles. The monoisotopic (exact) mass is 2000 g/mol. The van der Waals surface area contributed by atoms with E-state index in [9.17, 15) is 73.3 Å². The van der Waals surface area contributed by atoms with Gasteiger partial charge in [-0.05, 0) is 70.6 Å². The van der Waals surface area contributed by atoms with Crippen LogP contribution in [0, 0.1) is 39.4 Å². The average Bonchev–Trinajstić information content (AvgIpc) is 0.794. The predicted molar refractivity (Wildman–Crippen MR) is 478 cm³/mol. The number of hydrogen-bond acceptors (Lipinski definition) is 42. The van der Waals surface area contributed by atoms with E-state index in [0.29, 0.717) is 122 Å². The average molecular weight is 2000 g/mol. The maximum atomic E-state index is 12.4. The summed E-state index contributed by atoms with van der Waals surface area (Å²) in [5.41, 5.74) is -0.852. The van der Waals surface area contributed by atoms with Crippen molar-refractivity contribution in [2.75, 3.05) is 152 Å². The highest BCUT2D eigenvalue weighted by molar-refractivity contribution is 7.47. The van der Waals surface area contributed by atoms with Gasteiger partial charge in [0.1, 0.15) is 56.3 Å². The van der Waals surface area contributed by atoms with Gasteiger partial charge in [-0.25, -0.2) is 0 Å². The molecule has 136 heavy (non-hydrogen) atoms. The Morgan fingerprint density at radius 1 is 0.294 bits per heavy atom. The third kappa shape index (κ3) is 56.2. The Bertz CT molecular complexity index is 3240. The maximum Gasteiger partial charge on any atom is 0.332 e. The SMILES string of the molecule is CCCCOCC(COCCCOP(CCCC#N)OCCCCCCO[C@@H]1OC(COC(C)=O)[C@H](OC(C)=O)C(OC(C)=O)[C@@H]1NC(C)=O)(COCCCOP(OCCC#N)OCCCCCCO[C@@H]1OC(COC(C)=O)[C@H](OC(C)=O)C(OC(C)=O)[C@@H]1NC(C)=O)COCCCOP(OCCC#N)OCCCCCCO[C@@H]1OC(COC(C)=O)[C@H](OC(C)=O)C(OC(C)=O)[C@@H]1NC(C)=O. The van der Waals surface area contributed by atoms with Crippen LogP contribution in [-0.4, -0.2) is 315 Å². The third-order valence-electron chi connectivity index (χ3n) is 19.5. The second-order valence-electron chi connectivity index (χ2n) is 31.9. The number of nitrogens with one attached hydrogen (secondary N) is 3. The topological polar surface area (TPSA) is 562 Å². The molecular formula is C88H145N6O39P3. The molecule has 0 saturated carbocycles. The quantitative estimate of drug-likeness (QED) is 0.0221. The zero-order valence-corrected chi connectivity index (χ0v) is 83.6. The van der Waals surface area contributed by atoms with E-state index in [0.717, 1.165) is 60.8 Å². The van der Waals surface area contributed by atoms with Crippen LogP contribution in [0.1, 0.15) is 225 Å². The number of rotatable bonds is 77. The van der Waals surface area contributed by atoms with Gasteiger partial charge in [-0.15, -0.1) is 0 Å². The molecule has 0 aromatic heterocycles. The number of carbonyl (C=O) groups excluding carboxylic acids is 12. The van der Waals surface area contributed by atoms with Gasteiger partial charge < -0.3 is 142 Å². The molecule has 3 aliphatic heterocycles. The van der Waals surface area contributed by atoms with Gasteiger partial charge in [-0.2, -0.15) is 15.8 Å². The van der Waals surface area contributed by atoms with Gasteiger partial charge in [0.2, 0.25) is 17.7 Å². The summed E-state index contributed by atoms with van der Waals surface area (Å²) in [5, 5.41) is 36.2. The van der Waals surface area contributed by atoms with E-state index in [2.05, 4.69) is 41.1 Å². The number of carbonyl (C=O) groups is 12. The van der Waals surface area contributed by atoms with E-state index >= 15 is 0 Å². The van der Waals surface area contributed by atoms with Crippen LogP contribution in [0.3, 0.4) is 0 Å². The molecule has 3 fully saturated rings. The largest absolute Gasteiger partial charge is 0.463 e. The molecule has 3 amide bonds. The van der Waals surface area contributed by atoms with Gasteiger partial charge in [0, 0.05) is 142 Å². The first kappa shape index (κ1) is 123. The van der Waals surface area contributed by atoms with Crippen LogP contribution in [0.2, 0.25) is 0 Å². The predicted octanol–water partition coefficient (Wildman–Crippen LogP) is 8.74. The van der Waals surface area contributed by atoms with Crippen molar-refractivity contribution < 1.29 is 184 Å². The molecule has 0 aromatic carbocycles. The molecule has 48 heteroatoms. The molecule has 9 unspecified atom stereocenters. The van der Waals surface area contributed by atoms with Crippen molar-refractivity contribution >= 4 is 97.0 Å². The summed E-state index contributed by atoms with van der Waals surface area (Å²) in [7, 11) is -5.17. The summed E-state index contributed by atoms with van der Waals surface area (Å²) >= 11 is 0. The second kappa shape index (κ2) is 74.6. The van der Waals surface area contributed by atoms with E-state index in [4.69, 9.17) is 126 Å². The summed E-state index contributed by atoms with van der Waals surface area (Å²) in [6.07, 6.45) is -2.53. The second-order valence-corrected chi connectivity index (χ2v) is 36.0. The van der Waals surface area contributed by atoms with E-state index in [1.807, 2.05) is 0 Å². The molecule has 0 aliphatic carbocycles. The number of esters is 9. The first-order valence-corrected chi connectivity index (χ1v) is 49.7. The van der Waals surface area contributed by atoms with Gasteiger partial charge >= 0.3 is 70.9 Å². The maximum absolute atomic E-state index is 12.4. The first-order chi connectivity index (χ1) is 65.2. The highest BCUT2D eigenvalue weighted by Crippen LogP contribution is 2.43. The normalized spacial score (nSPS) is 22.4. The number of nitriles is 3. The third-order valence-corrected chi connectivity index (χ3v) is 23.4. The molecule has 18 atom stereocenters. The smallest absolute Gasteiger partial charge is 0.332 e. The Hall–Kier alpha value is -7.32. The van der Waals surface area contributed by atoms with Gasteiger partial charge in [-0.1, -0.05) is 51.9 Å². The molecule has 3 N–H and O–H groups in total. The number of hydrogen-bond donors (Lipinski definition) is 3. The molecule has 3 aliphatic rings. The molecular weight excluding hydrogens is 1860 g/mol. The lowest BCUT2D eigenvalue weighted by atomic mass is 9.92. The van der Waals surface area contributed by atoms with Gasteiger partial charge in [0.05, 0.1) is 116 Å². The van der Waals surface area contributed by atoms with Crippen molar-refractivity contribution in [2.24, 2.45) is 5.41 Å². The van der Waals surface area contributed by atoms with Crippen molar-refractivity contribution in [1.29, 1.82) is 15.8 Å².